The van der Waals surface area contributed by atoms with Gasteiger partial charge in [-0.15, -0.1) is 0 Å². The fraction of sp³-hybridized carbons (Fsp3) is 0.875. The molecule has 0 spiro atoms. The predicted octanol–water partition coefficient (Wildman–Crippen LogP) is 5.93. The summed E-state index contributed by atoms with van der Waals surface area (Å²) in [5.74, 6) is -1.59. The van der Waals surface area contributed by atoms with Crippen molar-refractivity contribution in [2.45, 2.75) is 187 Å². The van der Waals surface area contributed by atoms with E-state index in [9.17, 15) is 24.0 Å². The second-order valence-electron chi connectivity index (χ2n) is 16.7. The molecule has 0 radical (unpaired) electrons. The first-order chi connectivity index (χ1) is 25.2. The van der Waals surface area contributed by atoms with Crippen LogP contribution in [-0.4, -0.2) is 111 Å². The minimum Gasteiger partial charge on any atom is -0.469 e. The van der Waals surface area contributed by atoms with E-state index in [0.29, 0.717) is 12.8 Å². The topological polar surface area (TPSA) is 171 Å². The molecular formula is C40H71NO13. The minimum absolute atomic E-state index is 0.00716. The maximum Gasteiger partial charge on any atom is 0.308 e. The van der Waals surface area contributed by atoms with Crippen molar-refractivity contribution in [3.63, 3.8) is 0 Å². The molecule has 0 aromatic rings. The van der Waals surface area contributed by atoms with E-state index in [-0.39, 0.29) is 64.2 Å². The van der Waals surface area contributed by atoms with E-state index in [1.54, 1.807) is 62.3 Å². The molecule has 0 aromatic heterocycles. The second-order valence-corrected chi connectivity index (χ2v) is 16.7. The normalized spacial score (nSPS) is 19.1. The predicted molar refractivity (Wildman–Crippen MR) is 202 cm³/mol. The lowest BCUT2D eigenvalue weighted by Crippen LogP contribution is -2.62. The lowest BCUT2D eigenvalue weighted by molar-refractivity contribution is -0.205. The maximum absolute atomic E-state index is 13.2. The average molecular weight is 774 g/mol. The molecule has 1 rings (SSSR count). The molecule has 1 aliphatic rings. The van der Waals surface area contributed by atoms with Gasteiger partial charge in [0.15, 0.2) is 0 Å². The smallest absolute Gasteiger partial charge is 0.308 e. The van der Waals surface area contributed by atoms with Gasteiger partial charge in [-0.1, -0.05) is 38.5 Å². The van der Waals surface area contributed by atoms with E-state index < -0.39 is 59.1 Å². The van der Waals surface area contributed by atoms with Crippen LogP contribution >= 0.6 is 0 Å². The first-order valence-corrected chi connectivity index (χ1v) is 19.6. The molecule has 0 aliphatic carbocycles. The van der Waals surface area contributed by atoms with E-state index in [1.165, 1.54) is 7.11 Å². The van der Waals surface area contributed by atoms with E-state index >= 15 is 0 Å². The number of carbonyl (C=O) groups is 5. The van der Waals surface area contributed by atoms with Gasteiger partial charge in [0.1, 0.15) is 35.1 Å². The highest BCUT2D eigenvalue weighted by molar-refractivity contribution is 5.76. The Morgan fingerprint density at radius 2 is 0.981 bits per heavy atom. The summed E-state index contributed by atoms with van der Waals surface area (Å²) in [7, 11) is 1.40. The fourth-order valence-electron chi connectivity index (χ4n) is 5.62. The van der Waals surface area contributed by atoms with Crippen LogP contribution in [0.3, 0.4) is 0 Å². The molecule has 1 fully saturated rings. The first kappa shape index (κ1) is 49.2. The van der Waals surface area contributed by atoms with Crippen molar-refractivity contribution < 1.29 is 61.9 Å². The zero-order chi connectivity index (χ0) is 40.8. The van der Waals surface area contributed by atoms with Crippen LogP contribution in [0.4, 0.5) is 0 Å². The van der Waals surface area contributed by atoms with Crippen LogP contribution in [0.15, 0.2) is 0 Å². The summed E-state index contributed by atoms with van der Waals surface area (Å²) in [5, 5.41) is 3.05. The largest absolute Gasteiger partial charge is 0.469 e. The molecule has 14 heteroatoms. The van der Waals surface area contributed by atoms with Crippen LogP contribution in [0, 0.1) is 0 Å². The summed E-state index contributed by atoms with van der Waals surface area (Å²) in [4.78, 5) is 61.7. The summed E-state index contributed by atoms with van der Waals surface area (Å²) in [6.07, 6.45) is 6.18. The van der Waals surface area contributed by atoms with Gasteiger partial charge in [0.2, 0.25) is 5.91 Å². The van der Waals surface area contributed by atoms with Gasteiger partial charge in [-0.25, -0.2) is 0 Å². The van der Waals surface area contributed by atoms with E-state index in [1.807, 2.05) is 0 Å². The lowest BCUT2D eigenvalue weighted by atomic mass is 9.97. The third-order valence-electron chi connectivity index (χ3n) is 7.91. The summed E-state index contributed by atoms with van der Waals surface area (Å²) >= 11 is 0. The number of hydrogen-bond donors (Lipinski definition) is 1. The van der Waals surface area contributed by atoms with Crippen molar-refractivity contribution in [2.24, 2.45) is 0 Å². The van der Waals surface area contributed by atoms with Gasteiger partial charge in [-0.05, 0) is 75.2 Å². The highest BCUT2D eigenvalue weighted by Gasteiger charge is 2.43. The van der Waals surface area contributed by atoms with Gasteiger partial charge in [0.25, 0.3) is 0 Å². The molecule has 0 unspecified atom stereocenters. The third kappa shape index (κ3) is 25.3. The highest BCUT2D eigenvalue weighted by atomic mass is 16.6. The standard InChI is InChI=1S/C40H71NO13/c1-38(2,3)52-33(44)21-24-48-28-30-37(50-26-23-35(46)54-40(7,8)9)36(49-25-22-34(45)53-39(4,5)6)29(27-51-30)41-31(42)19-17-15-13-11-12-14-16-18-20-32(43)47-10/h29-30,36-37H,11-28H2,1-10H3,(H,41,42)/t29-,30+,36+,37+/m0/s1. The molecule has 1 aliphatic heterocycles. The number of esters is 4. The van der Waals surface area contributed by atoms with Crippen LogP contribution in [0.1, 0.15) is 146 Å². The molecule has 0 aromatic carbocycles. The molecule has 0 bridgehead atoms. The van der Waals surface area contributed by atoms with Crippen LogP contribution < -0.4 is 5.32 Å². The quantitative estimate of drug-likeness (QED) is 0.0659. The molecule has 14 nitrogen and oxygen atoms in total. The van der Waals surface area contributed by atoms with Gasteiger partial charge in [-0.2, -0.15) is 0 Å². The molecule has 1 heterocycles. The van der Waals surface area contributed by atoms with Crippen molar-refractivity contribution in [3.8, 4) is 0 Å². The third-order valence-corrected chi connectivity index (χ3v) is 7.91. The zero-order valence-corrected chi connectivity index (χ0v) is 34.8. The monoisotopic (exact) mass is 773 g/mol. The maximum atomic E-state index is 13.2. The summed E-state index contributed by atoms with van der Waals surface area (Å²) in [6, 6.07) is -0.620. The number of hydrogen-bond acceptors (Lipinski definition) is 13. The number of nitrogens with one attached hydrogen (secondary N) is 1. The summed E-state index contributed by atoms with van der Waals surface area (Å²) < 4.78 is 45.5. The van der Waals surface area contributed by atoms with Crippen molar-refractivity contribution >= 4 is 29.8 Å². The van der Waals surface area contributed by atoms with E-state index in [4.69, 9.17) is 33.2 Å². The van der Waals surface area contributed by atoms with Crippen LogP contribution in [0.2, 0.25) is 0 Å². The number of methoxy groups -OCH3 is 1. The van der Waals surface area contributed by atoms with Crippen molar-refractivity contribution in [1.29, 1.82) is 0 Å². The lowest BCUT2D eigenvalue weighted by Gasteiger charge is -2.42. The molecule has 4 atom stereocenters. The Bertz CT molecular complexity index is 1120. The Balaban J connectivity index is 2.93. The van der Waals surface area contributed by atoms with Gasteiger partial charge >= 0.3 is 23.9 Å². The molecular weight excluding hydrogens is 702 g/mol. The Morgan fingerprint density at radius 1 is 0.556 bits per heavy atom. The first-order valence-electron chi connectivity index (χ1n) is 19.6. The van der Waals surface area contributed by atoms with Crippen molar-refractivity contribution in [3.05, 3.63) is 0 Å². The number of rotatable bonds is 25. The van der Waals surface area contributed by atoms with Crippen molar-refractivity contribution in [2.75, 3.05) is 40.1 Å². The summed E-state index contributed by atoms with van der Waals surface area (Å²) in [6.45, 7) is 16.3. The fourth-order valence-corrected chi connectivity index (χ4v) is 5.62. The molecule has 0 saturated carbocycles. The van der Waals surface area contributed by atoms with E-state index in [0.717, 1.165) is 51.4 Å². The zero-order valence-electron chi connectivity index (χ0n) is 34.8. The number of ether oxygens (including phenoxy) is 8. The number of carbonyl (C=O) groups excluding carboxylic acids is 5. The van der Waals surface area contributed by atoms with Crippen LogP contribution in [0.25, 0.3) is 0 Å². The van der Waals surface area contributed by atoms with Gasteiger partial charge in [0, 0.05) is 12.8 Å². The van der Waals surface area contributed by atoms with Crippen LogP contribution in [-0.2, 0) is 61.9 Å². The molecule has 1 amide bonds. The molecule has 314 valence electrons. The average Bonchev–Trinajstić information content (AvgIpc) is 3.02. The highest BCUT2D eigenvalue weighted by Crippen LogP contribution is 2.24. The SMILES string of the molecule is COC(=O)CCCCCCCCCCC(=O)N[C@H]1CO[C@H](COCCC(=O)OC(C)(C)C)[C@@H](OCCC(=O)OC(C)(C)C)[C@@H]1OCCC(=O)OC(C)(C)C. The van der Waals surface area contributed by atoms with Crippen LogP contribution in [0.5, 0.6) is 0 Å². The Kier molecular flexibility index (Phi) is 23.1. The van der Waals surface area contributed by atoms with Gasteiger partial charge in [0.05, 0.1) is 65.4 Å². The van der Waals surface area contributed by atoms with Gasteiger partial charge < -0.3 is 43.2 Å². The van der Waals surface area contributed by atoms with Crippen molar-refractivity contribution in [1.82, 2.24) is 5.32 Å². The van der Waals surface area contributed by atoms with E-state index in [2.05, 4.69) is 10.1 Å². The molecule has 1 N–H and O–H groups in total. The number of unbranched alkanes of at least 4 members (excludes halogenated alkanes) is 7. The Labute approximate surface area is 323 Å². The molecule has 1 saturated heterocycles. The Morgan fingerprint density at radius 3 is 1.44 bits per heavy atom. The Hall–Kier alpha value is -2.81. The summed E-state index contributed by atoms with van der Waals surface area (Å²) in [5.41, 5.74) is -1.94. The molecule has 54 heavy (non-hydrogen) atoms. The number of amides is 1. The minimum atomic E-state index is -0.806. The van der Waals surface area contributed by atoms with Gasteiger partial charge in [-0.3, -0.25) is 24.0 Å². The second kappa shape index (κ2) is 25.4.